The molecule has 9 aromatic rings. The van der Waals surface area contributed by atoms with E-state index in [1.54, 1.807) is 0 Å². The van der Waals surface area contributed by atoms with Gasteiger partial charge in [-0.1, -0.05) is 177 Å². The Morgan fingerprint density at radius 3 is 1.85 bits per heavy atom. The van der Waals surface area contributed by atoms with Crippen LogP contribution in [0.1, 0.15) is 65.6 Å². The van der Waals surface area contributed by atoms with Gasteiger partial charge in [0.05, 0.1) is 11.1 Å². The Bertz CT molecular complexity index is 3770. The molecule has 2 nitrogen and oxygen atoms in total. The Labute approximate surface area is 384 Å². The van der Waals surface area contributed by atoms with E-state index < -0.39 is 5.41 Å². The van der Waals surface area contributed by atoms with Gasteiger partial charge in [0.1, 0.15) is 11.2 Å². The van der Waals surface area contributed by atoms with Crippen molar-refractivity contribution in [1.29, 1.82) is 0 Å². The summed E-state index contributed by atoms with van der Waals surface area (Å²) in [6.07, 6.45) is 6.62. The van der Waals surface area contributed by atoms with Gasteiger partial charge in [-0.15, -0.1) is 0 Å². The van der Waals surface area contributed by atoms with Gasteiger partial charge in [0.2, 0.25) is 0 Å². The van der Waals surface area contributed by atoms with Gasteiger partial charge in [-0.3, -0.25) is 0 Å². The highest BCUT2D eigenvalue weighted by Crippen LogP contribution is 2.64. The predicted octanol–water partition coefficient (Wildman–Crippen LogP) is 16.3. The highest BCUT2D eigenvalue weighted by molar-refractivity contribution is 6.15. The summed E-state index contributed by atoms with van der Waals surface area (Å²) in [5, 5.41) is 2.27. The summed E-state index contributed by atoms with van der Waals surface area (Å²) in [4.78, 5) is 2.54. The summed E-state index contributed by atoms with van der Waals surface area (Å²) in [6, 6.07) is 69.2. The number of furan rings is 1. The average molecular weight is 842 g/mol. The first-order chi connectivity index (χ1) is 32.5. The number of para-hydroxylation sites is 2. The fourth-order valence-electron chi connectivity index (χ4n) is 12.4. The van der Waals surface area contributed by atoms with E-state index in [1.165, 1.54) is 72.5 Å². The van der Waals surface area contributed by atoms with E-state index in [0.29, 0.717) is 0 Å². The van der Waals surface area contributed by atoms with Crippen LogP contribution in [-0.2, 0) is 10.8 Å². The highest BCUT2D eigenvalue weighted by atomic mass is 16.3. The Morgan fingerprint density at radius 2 is 1.09 bits per heavy atom. The molecule has 0 saturated heterocycles. The summed E-state index contributed by atoms with van der Waals surface area (Å²) >= 11 is 0. The van der Waals surface area contributed by atoms with Gasteiger partial charge in [0, 0.05) is 44.3 Å². The minimum atomic E-state index is -0.465. The van der Waals surface area contributed by atoms with E-state index in [0.717, 1.165) is 68.4 Å². The van der Waals surface area contributed by atoms with Crippen LogP contribution in [-0.4, -0.2) is 0 Å². The maximum atomic E-state index is 6.21. The van der Waals surface area contributed by atoms with E-state index in [9.17, 15) is 0 Å². The molecule has 0 N–H and O–H groups in total. The molecule has 0 fully saturated rings. The number of fused-ring (bicyclic) bond motifs is 14. The quantitative estimate of drug-likeness (QED) is 0.161. The van der Waals surface area contributed by atoms with Crippen molar-refractivity contribution in [1.82, 2.24) is 0 Å². The summed E-state index contributed by atoms with van der Waals surface area (Å²) in [5.41, 5.74) is 32.7. The first-order valence-electron chi connectivity index (χ1n) is 23.2. The van der Waals surface area contributed by atoms with Gasteiger partial charge < -0.3 is 9.32 Å². The molecule has 1 heterocycles. The topological polar surface area (TPSA) is 16.4 Å². The normalized spacial score (nSPS) is 16.5. The minimum Gasteiger partial charge on any atom is -0.456 e. The maximum Gasteiger partial charge on any atom is 0.135 e. The molecule has 5 aliphatic carbocycles. The van der Waals surface area contributed by atoms with E-state index in [2.05, 4.69) is 218 Å². The van der Waals surface area contributed by atoms with Crippen LogP contribution >= 0.6 is 0 Å². The Morgan fingerprint density at radius 1 is 0.500 bits per heavy atom. The van der Waals surface area contributed by atoms with Crippen LogP contribution in [0.3, 0.4) is 0 Å². The summed E-state index contributed by atoms with van der Waals surface area (Å²) in [7, 11) is 0. The Hall–Kier alpha value is -8.12. The van der Waals surface area contributed by atoms with Crippen LogP contribution in [0.2, 0.25) is 0 Å². The van der Waals surface area contributed by atoms with Crippen molar-refractivity contribution in [2.45, 2.75) is 37.5 Å². The van der Waals surface area contributed by atoms with Crippen molar-refractivity contribution in [3.05, 3.63) is 267 Å². The number of nitrogens with zero attached hydrogens (tertiary/aromatic N) is 1. The molecule has 0 bridgehead atoms. The van der Waals surface area contributed by atoms with E-state index in [1.807, 2.05) is 12.1 Å². The van der Waals surface area contributed by atoms with E-state index in [-0.39, 0.29) is 5.41 Å². The van der Waals surface area contributed by atoms with Crippen molar-refractivity contribution >= 4 is 50.0 Å². The van der Waals surface area contributed by atoms with Crippen LogP contribution < -0.4 is 4.90 Å². The molecule has 14 rings (SSSR count). The summed E-state index contributed by atoms with van der Waals surface area (Å²) < 4.78 is 6.21. The number of rotatable bonds is 5. The first kappa shape index (κ1) is 37.3. The van der Waals surface area contributed by atoms with Crippen molar-refractivity contribution in [2.75, 3.05) is 4.90 Å². The minimum absolute atomic E-state index is 0.114. The van der Waals surface area contributed by atoms with E-state index >= 15 is 0 Å². The third-order valence-corrected chi connectivity index (χ3v) is 15.3. The smallest absolute Gasteiger partial charge is 0.135 e. The zero-order valence-corrected chi connectivity index (χ0v) is 36.8. The molecule has 0 unspecified atom stereocenters. The monoisotopic (exact) mass is 841 g/mol. The fourth-order valence-corrected chi connectivity index (χ4v) is 12.4. The Kier molecular flexibility index (Phi) is 7.73. The second-order valence-electron chi connectivity index (χ2n) is 18.9. The van der Waals surface area contributed by atoms with Gasteiger partial charge in [-0.25, -0.2) is 0 Å². The maximum absolute atomic E-state index is 6.21. The molecule has 0 saturated carbocycles. The molecular weight excluding hydrogens is 799 g/mol. The van der Waals surface area contributed by atoms with Crippen molar-refractivity contribution < 1.29 is 4.42 Å². The van der Waals surface area contributed by atoms with Crippen LogP contribution in [0.5, 0.6) is 0 Å². The number of benzene rings is 8. The molecule has 66 heavy (non-hydrogen) atoms. The lowest BCUT2D eigenvalue weighted by Crippen LogP contribution is -2.26. The van der Waals surface area contributed by atoms with Gasteiger partial charge in [0.25, 0.3) is 0 Å². The average Bonchev–Trinajstić information content (AvgIpc) is 4.06. The molecule has 310 valence electrons. The molecule has 0 amide bonds. The molecule has 0 atom stereocenters. The third kappa shape index (κ3) is 4.98. The lowest BCUT2D eigenvalue weighted by atomic mass is 9.69. The number of hydrogen-bond acceptors (Lipinski definition) is 2. The molecule has 2 heteroatoms. The lowest BCUT2D eigenvalue weighted by Gasteiger charge is -2.34. The van der Waals surface area contributed by atoms with Crippen molar-refractivity contribution in [2.24, 2.45) is 0 Å². The zero-order valence-electron chi connectivity index (χ0n) is 36.8. The molecule has 1 aromatic heterocycles. The second kappa shape index (κ2) is 13.7. The number of hydrogen-bond donors (Lipinski definition) is 0. The van der Waals surface area contributed by atoms with Gasteiger partial charge in [0.15, 0.2) is 0 Å². The van der Waals surface area contributed by atoms with E-state index in [4.69, 9.17) is 4.42 Å². The third-order valence-electron chi connectivity index (χ3n) is 15.3. The lowest BCUT2D eigenvalue weighted by molar-refractivity contribution is 0.648. The summed E-state index contributed by atoms with van der Waals surface area (Å²) in [5.74, 6) is 0. The SMILES string of the molecule is CC1(C)C2=C(CCC(N(c3ccc(-c4ccc5oc6ccccc6c5c4)cc3)c3ccccc3C3=C=C=CC4=C3c3ccccc3C43c4ccccc4-c4ccccc43)=C2)c2ccccc21. The molecular formula is C64H43NO. The number of anilines is 2. The molecule has 1 spiro atoms. The van der Waals surface area contributed by atoms with Gasteiger partial charge in [-0.05, 0) is 134 Å². The summed E-state index contributed by atoms with van der Waals surface area (Å²) in [6.45, 7) is 4.79. The van der Waals surface area contributed by atoms with Crippen LogP contribution in [0.25, 0.3) is 60.9 Å². The van der Waals surface area contributed by atoms with Crippen molar-refractivity contribution in [3.8, 4) is 22.3 Å². The molecule has 5 aliphatic rings. The molecule has 0 radical (unpaired) electrons. The number of allylic oxidation sites excluding steroid dienone is 8. The van der Waals surface area contributed by atoms with Crippen molar-refractivity contribution in [3.63, 3.8) is 0 Å². The van der Waals surface area contributed by atoms with Gasteiger partial charge >= 0.3 is 0 Å². The first-order valence-corrected chi connectivity index (χ1v) is 23.2. The second-order valence-corrected chi connectivity index (χ2v) is 18.9. The van der Waals surface area contributed by atoms with Crippen LogP contribution in [0.15, 0.2) is 233 Å². The standard InChI is InChI=1S/C64H43NO/c1-63(2)53-23-9-3-16-44(53)47-36-35-43(39-58(47)63)65(42-33-30-40(31-34-42)41-32-37-61-52(38-41)49-20-8-14-29-60(49)66-61)59-28-13-7-19-48(59)50-22-15-27-57-62(50)51-21-6-12-26-56(51)64(57)54-24-10-4-17-45(54)46-18-5-11-25-55(46)64/h3-14,16-21,23-34,37-39H,35-36H2,1-2H3. The van der Waals surface area contributed by atoms with Gasteiger partial charge in [-0.2, -0.15) is 0 Å². The molecule has 0 aliphatic heterocycles. The highest BCUT2D eigenvalue weighted by Gasteiger charge is 2.53. The van der Waals surface area contributed by atoms with Crippen LogP contribution in [0, 0.1) is 0 Å². The van der Waals surface area contributed by atoms with Crippen LogP contribution in [0.4, 0.5) is 11.4 Å². The zero-order chi connectivity index (χ0) is 43.7. The largest absolute Gasteiger partial charge is 0.456 e. The predicted molar refractivity (Wildman–Crippen MR) is 272 cm³/mol. The Balaban J connectivity index is 0.958. The molecule has 8 aromatic carbocycles. The fraction of sp³-hybridized carbons (Fsp3) is 0.0938.